The summed E-state index contributed by atoms with van der Waals surface area (Å²) in [5, 5.41) is 3.28. The van der Waals surface area contributed by atoms with Gasteiger partial charge in [0.1, 0.15) is 5.82 Å². The summed E-state index contributed by atoms with van der Waals surface area (Å²) in [7, 11) is 5.18. The number of nitrogen functional groups attached to an aromatic ring is 1. The van der Waals surface area contributed by atoms with Crippen LogP contribution in [0.4, 0.5) is 5.82 Å². The molecule has 21 heavy (non-hydrogen) atoms. The van der Waals surface area contributed by atoms with Crippen molar-refractivity contribution in [1.82, 2.24) is 10.3 Å². The number of hydrogen-bond donors (Lipinski definition) is 2. The molecule has 112 valence electrons. The lowest BCUT2D eigenvalue weighted by atomic mass is 9.99. The molecule has 5 heteroatoms. The lowest BCUT2D eigenvalue weighted by Gasteiger charge is -2.18. The summed E-state index contributed by atoms with van der Waals surface area (Å²) in [4.78, 5) is 4.14. The van der Waals surface area contributed by atoms with E-state index in [-0.39, 0.29) is 6.04 Å². The van der Waals surface area contributed by atoms with Crippen LogP contribution in [0.3, 0.4) is 0 Å². The van der Waals surface area contributed by atoms with Crippen LogP contribution in [0.25, 0.3) is 0 Å². The summed E-state index contributed by atoms with van der Waals surface area (Å²) < 4.78 is 10.6. The van der Waals surface area contributed by atoms with E-state index in [1.807, 2.05) is 37.4 Å². The van der Waals surface area contributed by atoms with Crippen LogP contribution < -0.4 is 20.5 Å². The third-order valence-electron chi connectivity index (χ3n) is 3.48. The van der Waals surface area contributed by atoms with Gasteiger partial charge < -0.3 is 20.5 Å². The Hall–Kier alpha value is -2.27. The second-order valence-corrected chi connectivity index (χ2v) is 4.71. The van der Waals surface area contributed by atoms with E-state index in [4.69, 9.17) is 15.2 Å². The standard InChI is InChI=1S/C16H21N3O2/c1-18-13(12-5-4-8-19-16(12)17)9-11-6-7-14(20-2)15(10-11)21-3/h4-8,10,13,18H,9H2,1-3H3,(H2,17,19). The molecule has 1 heterocycles. The monoisotopic (exact) mass is 287 g/mol. The van der Waals surface area contributed by atoms with Crippen molar-refractivity contribution in [3.8, 4) is 11.5 Å². The number of anilines is 1. The van der Waals surface area contributed by atoms with E-state index < -0.39 is 0 Å². The van der Waals surface area contributed by atoms with E-state index >= 15 is 0 Å². The minimum Gasteiger partial charge on any atom is -0.493 e. The maximum Gasteiger partial charge on any atom is 0.160 e. The molecule has 1 unspecified atom stereocenters. The summed E-state index contributed by atoms with van der Waals surface area (Å²) >= 11 is 0. The highest BCUT2D eigenvalue weighted by Crippen LogP contribution is 2.30. The van der Waals surface area contributed by atoms with E-state index in [1.165, 1.54) is 0 Å². The minimum absolute atomic E-state index is 0.0943. The largest absolute Gasteiger partial charge is 0.493 e. The van der Waals surface area contributed by atoms with Crippen LogP contribution in [-0.2, 0) is 6.42 Å². The number of hydrogen-bond acceptors (Lipinski definition) is 5. The van der Waals surface area contributed by atoms with Crippen molar-refractivity contribution in [2.75, 3.05) is 27.0 Å². The van der Waals surface area contributed by atoms with Crippen LogP contribution in [0, 0.1) is 0 Å². The maximum absolute atomic E-state index is 5.96. The molecule has 0 bridgehead atoms. The highest BCUT2D eigenvalue weighted by molar-refractivity contribution is 5.45. The van der Waals surface area contributed by atoms with Crippen molar-refractivity contribution >= 4 is 5.82 Å². The average molecular weight is 287 g/mol. The van der Waals surface area contributed by atoms with Crippen molar-refractivity contribution in [2.45, 2.75) is 12.5 Å². The van der Waals surface area contributed by atoms with E-state index in [1.54, 1.807) is 20.4 Å². The molecule has 0 spiro atoms. The van der Waals surface area contributed by atoms with Crippen molar-refractivity contribution in [3.05, 3.63) is 47.7 Å². The molecule has 1 aromatic heterocycles. The Morgan fingerprint density at radius 3 is 2.57 bits per heavy atom. The fourth-order valence-electron chi connectivity index (χ4n) is 2.34. The number of pyridine rings is 1. The molecule has 2 rings (SSSR count). The highest BCUT2D eigenvalue weighted by atomic mass is 16.5. The van der Waals surface area contributed by atoms with Gasteiger partial charge in [-0.2, -0.15) is 0 Å². The van der Waals surface area contributed by atoms with Crippen LogP contribution in [0.15, 0.2) is 36.5 Å². The van der Waals surface area contributed by atoms with Gasteiger partial charge in [0, 0.05) is 17.8 Å². The van der Waals surface area contributed by atoms with Crippen molar-refractivity contribution in [2.24, 2.45) is 0 Å². The fourth-order valence-corrected chi connectivity index (χ4v) is 2.34. The quantitative estimate of drug-likeness (QED) is 0.852. The Morgan fingerprint density at radius 1 is 1.19 bits per heavy atom. The molecule has 0 saturated carbocycles. The molecule has 3 N–H and O–H groups in total. The number of likely N-dealkylation sites (N-methyl/N-ethyl adjacent to an activating group) is 1. The summed E-state index contributed by atoms with van der Waals surface area (Å²) in [5.41, 5.74) is 8.09. The zero-order valence-electron chi connectivity index (χ0n) is 12.6. The Labute approximate surface area is 125 Å². The number of nitrogens with zero attached hydrogens (tertiary/aromatic N) is 1. The summed E-state index contributed by atoms with van der Waals surface area (Å²) in [6, 6.07) is 9.90. The molecular formula is C16H21N3O2. The molecular weight excluding hydrogens is 266 g/mol. The Balaban J connectivity index is 2.25. The zero-order chi connectivity index (χ0) is 15.2. The van der Waals surface area contributed by atoms with Gasteiger partial charge in [0.15, 0.2) is 11.5 Å². The smallest absolute Gasteiger partial charge is 0.160 e. The predicted molar refractivity (Wildman–Crippen MR) is 83.7 cm³/mol. The topological polar surface area (TPSA) is 69.4 Å². The van der Waals surface area contributed by atoms with Crippen LogP contribution in [-0.4, -0.2) is 26.3 Å². The van der Waals surface area contributed by atoms with Gasteiger partial charge in [-0.3, -0.25) is 0 Å². The van der Waals surface area contributed by atoms with Crippen molar-refractivity contribution in [3.63, 3.8) is 0 Å². The lowest BCUT2D eigenvalue weighted by molar-refractivity contribution is 0.354. The summed E-state index contributed by atoms with van der Waals surface area (Å²) in [5.74, 6) is 2.00. The number of ether oxygens (including phenoxy) is 2. The molecule has 0 amide bonds. The molecule has 0 fully saturated rings. The average Bonchev–Trinajstić information content (AvgIpc) is 2.53. The van der Waals surface area contributed by atoms with Crippen molar-refractivity contribution in [1.29, 1.82) is 0 Å². The summed E-state index contributed by atoms with van der Waals surface area (Å²) in [6.45, 7) is 0. The predicted octanol–water partition coefficient (Wildman–Crippen LogP) is 2.18. The number of aromatic nitrogens is 1. The van der Waals surface area contributed by atoms with Crippen LogP contribution in [0.5, 0.6) is 11.5 Å². The molecule has 1 aromatic carbocycles. The third kappa shape index (κ3) is 3.44. The minimum atomic E-state index is 0.0943. The maximum atomic E-state index is 5.96. The first-order valence-corrected chi connectivity index (χ1v) is 6.78. The van der Waals surface area contributed by atoms with Crippen LogP contribution in [0.2, 0.25) is 0 Å². The first kappa shape index (κ1) is 15.1. The molecule has 5 nitrogen and oxygen atoms in total. The van der Waals surface area contributed by atoms with Gasteiger partial charge in [-0.25, -0.2) is 4.98 Å². The van der Waals surface area contributed by atoms with E-state index in [0.29, 0.717) is 5.82 Å². The molecule has 0 aliphatic rings. The lowest BCUT2D eigenvalue weighted by Crippen LogP contribution is -2.20. The van der Waals surface area contributed by atoms with Crippen LogP contribution in [0.1, 0.15) is 17.2 Å². The van der Waals surface area contributed by atoms with Gasteiger partial charge in [-0.1, -0.05) is 12.1 Å². The van der Waals surface area contributed by atoms with Crippen LogP contribution >= 0.6 is 0 Å². The van der Waals surface area contributed by atoms with Gasteiger partial charge in [0.2, 0.25) is 0 Å². The molecule has 2 aromatic rings. The van der Waals surface area contributed by atoms with Gasteiger partial charge in [-0.05, 0) is 37.2 Å². The SMILES string of the molecule is CNC(Cc1ccc(OC)c(OC)c1)c1cccnc1N. The second kappa shape index (κ2) is 6.95. The normalized spacial score (nSPS) is 12.0. The first-order chi connectivity index (χ1) is 10.2. The van der Waals surface area contributed by atoms with Gasteiger partial charge in [0.25, 0.3) is 0 Å². The zero-order valence-corrected chi connectivity index (χ0v) is 12.6. The Morgan fingerprint density at radius 2 is 1.95 bits per heavy atom. The Kier molecular flexibility index (Phi) is 5.00. The number of methoxy groups -OCH3 is 2. The van der Waals surface area contributed by atoms with Gasteiger partial charge in [0.05, 0.1) is 14.2 Å². The second-order valence-electron chi connectivity index (χ2n) is 4.71. The molecule has 0 aliphatic heterocycles. The first-order valence-electron chi connectivity index (χ1n) is 6.78. The van der Waals surface area contributed by atoms with E-state index in [9.17, 15) is 0 Å². The number of nitrogens with one attached hydrogen (secondary N) is 1. The molecule has 0 aliphatic carbocycles. The number of benzene rings is 1. The fraction of sp³-hybridized carbons (Fsp3) is 0.312. The molecule has 1 atom stereocenters. The van der Waals surface area contributed by atoms with Gasteiger partial charge in [-0.15, -0.1) is 0 Å². The third-order valence-corrected chi connectivity index (χ3v) is 3.48. The Bertz CT molecular complexity index is 602. The highest BCUT2D eigenvalue weighted by Gasteiger charge is 2.15. The molecule has 0 saturated heterocycles. The van der Waals surface area contributed by atoms with Crippen molar-refractivity contribution < 1.29 is 9.47 Å². The number of nitrogens with two attached hydrogens (primary N) is 1. The van der Waals surface area contributed by atoms with Gasteiger partial charge >= 0.3 is 0 Å². The van der Waals surface area contributed by atoms with E-state index in [2.05, 4.69) is 10.3 Å². The van der Waals surface area contributed by atoms with E-state index in [0.717, 1.165) is 29.0 Å². The molecule has 0 radical (unpaired) electrons. The summed E-state index contributed by atoms with van der Waals surface area (Å²) in [6.07, 6.45) is 2.48. The number of rotatable bonds is 6.